The zero-order valence-electron chi connectivity index (χ0n) is 9.63. The van der Waals surface area contributed by atoms with Crippen molar-refractivity contribution in [2.75, 3.05) is 0 Å². The SMILES string of the molecule is CC(Cc1ccccc1)n1c(CO)n[nH]c1=S. The van der Waals surface area contributed by atoms with Gasteiger partial charge in [0.15, 0.2) is 10.6 Å². The average Bonchev–Trinajstić information content (AvgIpc) is 2.71. The van der Waals surface area contributed by atoms with Crippen LogP contribution in [0.5, 0.6) is 0 Å². The van der Waals surface area contributed by atoms with Crippen molar-refractivity contribution in [3.05, 3.63) is 46.5 Å². The molecule has 1 aromatic heterocycles. The summed E-state index contributed by atoms with van der Waals surface area (Å²) in [6.45, 7) is 1.96. The highest BCUT2D eigenvalue weighted by atomic mass is 32.1. The number of benzene rings is 1. The quantitative estimate of drug-likeness (QED) is 0.817. The molecule has 5 heteroatoms. The van der Waals surface area contributed by atoms with Gasteiger partial charge in [-0.05, 0) is 31.1 Å². The molecule has 0 saturated carbocycles. The summed E-state index contributed by atoms with van der Waals surface area (Å²) >= 11 is 5.17. The Morgan fingerprint density at radius 1 is 1.41 bits per heavy atom. The predicted octanol–water partition coefficient (Wildman–Crippen LogP) is 2.24. The smallest absolute Gasteiger partial charge is 0.195 e. The molecule has 0 fully saturated rings. The lowest BCUT2D eigenvalue weighted by Gasteiger charge is -2.14. The molecular weight excluding hydrogens is 234 g/mol. The Morgan fingerprint density at radius 3 is 2.76 bits per heavy atom. The first-order valence-electron chi connectivity index (χ1n) is 5.53. The maximum atomic E-state index is 9.20. The van der Waals surface area contributed by atoms with Crippen LogP contribution in [-0.4, -0.2) is 19.9 Å². The molecular formula is C12H15N3OS. The van der Waals surface area contributed by atoms with E-state index in [2.05, 4.69) is 29.3 Å². The van der Waals surface area contributed by atoms with E-state index < -0.39 is 0 Å². The molecule has 0 radical (unpaired) electrons. The van der Waals surface area contributed by atoms with Crippen LogP contribution in [0.15, 0.2) is 30.3 Å². The zero-order chi connectivity index (χ0) is 12.3. The second-order valence-electron chi connectivity index (χ2n) is 4.01. The van der Waals surface area contributed by atoms with Crippen molar-refractivity contribution in [2.45, 2.75) is 26.0 Å². The van der Waals surface area contributed by atoms with Crippen molar-refractivity contribution in [3.8, 4) is 0 Å². The van der Waals surface area contributed by atoms with Gasteiger partial charge in [0.05, 0.1) is 0 Å². The van der Waals surface area contributed by atoms with Crippen molar-refractivity contribution < 1.29 is 5.11 Å². The Bertz CT molecular complexity index is 532. The van der Waals surface area contributed by atoms with Gasteiger partial charge >= 0.3 is 0 Å². The van der Waals surface area contributed by atoms with E-state index in [4.69, 9.17) is 12.2 Å². The molecule has 0 aliphatic heterocycles. The Balaban J connectivity index is 2.23. The van der Waals surface area contributed by atoms with Crippen molar-refractivity contribution in [2.24, 2.45) is 0 Å². The number of aliphatic hydroxyl groups excluding tert-OH is 1. The maximum absolute atomic E-state index is 9.20. The zero-order valence-corrected chi connectivity index (χ0v) is 10.4. The summed E-state index contributed by atoms with van der Waals surface area (Å²) in [6, 6.07) is 10.4. The molecule has 90 valence electrons. The Kier molecular flexibility index (Phi) is 3.71. The van der Waals surface area contributed by atoms with Gasteiger partial charge < -0.3 is 5.11 Å². The number of rotatable bonds is 4. The third kappa shape index (κ3) is 2.62. The van der Waals surface area contributed by atoms with Crippen LogP contribution in [0, 0.1) is 4.77 Å². The molecule has 17 heavy (non-hydrogen) atoms. The molecule has 1 aromatic carbocycles. The lowest BCUT2D eigenvalue weighted by Crippen LogP contribution is -2.12. The van der Waals surface area contributed by atoms with Crippen LogP contribution < -0.4 is 0 Å². The van der Waals surface area contributed by atoms with Crippen molar-refractivity contribution in [1.29, 1.82) is 0 Å². The first-order valence-corrected chi connectivity index (χ1v) is 5.93. The molecule has 0 spiro atoms. The standard InChI is InChI=1S/C12H15N3OS/c1-9(7-10-5-3-2-4-6-10)15-11(8-16)13-14-12(15)17/h2-6,9,16H,7-8H2,1H3,(H,14,17). The van der Waals surface area contributed by atoms with E-state index in [1.54, 1.807) is 0 Å². The van der Waals surface area contributed by atoms with Gasteiger partial charge in [-0.2, -0.15) is 5.10 Å². The number of aliphatic hydroxyl groups is 1. The highest BCUT2D eigenvalue weighted by molar-refractivity contribution is 7.71. The first kappa shape index (κ1) is 12.0. The van der Waals surface area contributed by atoms with Gasteiger partial charge in [0.1, 0.15) is 6.61 Å². The van der Waals surface area contributed by atoms with Gasteiger partial charge in [-0.3, -0.25) is 9.67 Å². The van der Waals surface area contributed by atoms with Gasteiger partial charge in [0.2, 0.25) is 0 Å². The van der Waals surface area contributed by atoms with Crippen LogP contribution in [0.2, 0.25) is 0 Å². The van der Waals surface area contributed by atoms with Crippen LogP contribution in [0.25, 0.3) is 0 Å². The van der Waals surface area contributed by atoms with Crippen LogP contribution in [0.3, 0.4) is 0 Å². The topological polar surface area (TPSA) is 53.8 Å². The molecule has 1 unspecified atom stereocenters. The number of nitrogens with one attached hydrogen (secondary N) is 1. The largest absolute Gasteiger partial charge is 0.388 e. The van der Waals surface area contributed by atoms with E-state index in [9.17, 15) is 5.11 Å². The first-order chi connectivity index (χ1) is 8.22. The van der Waals surface area contributed by atoms with E-state index in [-0.39, 0.29) is 12.6 Å². The van der Waals surface area contributed by atoms with Crippen molar-refractivity contribution in [1.82, 2.24) is 14.8 Å². The second kappa shape index (κ2) is 5.25. The molecule has 4 nitrogen and oxygen atoms in total. The van der Waals surface area contributed by atoms with Gasteiger partial charge in [0, 0.05) is 6.04 Å². The third-order valence-electron chi connectivity index (χ3n) is 2.73. The minimum Gasteiger partial charge on any atom is -0.388 e. The lowest BCUT2D eigenvalue weighted by atomic mass is 10.1. The Morgan fingerprint density at radius 2 is 2.12 bits per heavy atom. The number of aromatic nitrogens is 3. The molecule has 2 rings (SSSR count). The fourth-order valence-electron chi connectivity index (χ4n) is 1.95. The lowest BCUT2D eigenvalue weighted by molar-refractivity contribution is 0.260. The molecule has 0 bridgehead atoms. The normalized spacial score (nSPS) is 12.6. The molecule has 1 atom stereocenters. The van der Waals surface area contributed by atoms with Crippen LogP contribution in [0.4, 0.5) is 0 Å². The van der Waals surface area contributed by atoms with E-state index in [1.165, 1.54) is 5.56 Å². The Hall–Kier alpha value is -1.46. The summed E-state index contributed by atoms with van der Waals surface area (Å²) in [7, 11) is 0. The minimum atomic E-state index is -0.105. The fraction of sp³-hybridized carbons (Fsp3) is 0.333. The number of aromatic amines is 1. The van der Waals surface area contributed by atoms with Gasteiger partial charge in [0.25, 0.3) is 0 Å². The predicted molar refractivity (Wildman–Crippen MR) is 68.2 cm³/mol. The van der Waals surface area contributed by atoms with E-state index >= 15 is 0 Å². The van der Waals surface area contributed by atoms with Gasteiger partial charge in [-0.25, -0.2) is 0 Å². The molecule has 1 heterocycles. The van der Waals surface area contributed by atoms with E-state index in [1.807, 2.05) is 22.8 Å². The number of H-pyrrole nitrogens is 1. The van der Waals surface area contributed by atoms with E-state index in [0.717, 1.165) is 6.42 Å². The summed E-state index contributed by atoms with van der Waals surface area (Å²) < 4.78 is 2.42. The highest BCUT2D eigenvalue weighted by Gasteiger charge is 2.12. The number of nitrogens with zero attached hydrogens (tertiary/aromatic N) is 2. The summed E-state index contributed by atoms with van der Waals surface area (Å²) in [6.07, 6.45) is 0.863. The molecule has 0 aliphatic rings. The monoisotopic (exact) mass is 249 g/mol. The van der Waals surface area contributed by atoms with Crippen LogP contribution in [-0.2, 0) is 13.0 Å². The van der Waals surface area contributed by atoms with Gasteiger partial charge in [-0.15, -0.1) is 0 Å². The fourth-order valence-corrected chi connectivity index (χ4v) is 2.28. The molecule has 2 aromatic rings. The summed E-state index contributed by atoms with van der Waals surface area (Å²) in [5, 5.41) is 15.9. The molecule has 0 aliphatic carbocycles. The molecule has 0 amide bonds. The summed E-state index contributed by atoms with van der Waals surface area (Å²) in [5.74, 6) is 0.582. The van der Waals surface area contributed by atoms with Gasteiger partial charge in [-0.1, -0.05) is 30.3 Å². The summed E-state index contributed by atoms with van der Waals surface area (Å²) in [4.78, 5) is 0. The average molecular weight is 249 g/mol. The second-order valence-corrected chi connectivity index (χ2v) is 4.40. The van der Waals surface area contributed by atoms with E-state index in [0.29, 0.717) is 10.6 Å². The van der Waals surface area contributed by atoms with Crippen molar-refractivity contribution in [3.63, 3.8) is 0 Å². The maximum Gasteiger partial charge on any atom is 0.195 e. The van der Waals surface area contributed by atoms with Crippen LogP contribution >= 0.6 is 12.2 Å². The number of hydrogen-bond acceptors (Lipinski definition) is 3. The molecule has 2 N–H and O–H groups in total. The van der Waals surface area contributed by atoms with Crippen molar-refractivity contribution >= 4 is 12.2 Å². The Labute approximate surface area is 105 Å². The third-order valence-corrected chi connectivity index (χ3v) is 3.02. The summed E-state index contributed by atoms with van der Waals surface area (Å²) in [5.41, 5.74) is 1.24. The van der Waals surface area contributed by atoms with Crippen LogP contribution in [0.1, 0.15) is 24.4 Å². The molecule has 0 saturated heterocycles. The highest BCUT2D eigenvalue weighted by Crippen LogP contribution is 2.15. The number of hydrogen-bond donors (Lipinski definition) is 2. The minimum absolute atomic E-state index is 0.105.